The van der Waals surface area contributed by atoms with Crippen LogP contribution in [0.5, 0.6) is 5.75 Å². The maximum atomic E-state index is 11.3. The first-order valence-electron chi connectivity index (χ1n) is 4.72. The summed E-state index contributed by atoms with van der Waals surface area (Å²) >= 11 is 0. The zero-order valence-corrected chi connectivity index (χ0v) is 8.86. The van der Waals surface area contributed by atoms with Gasteiger partial charge in [-0.15, -0.1) is 0 Å². The fraction of sp³-hybridized carbons (Fsp3) is 0.364. The summed E-state index contributed by atoms with van der Waals surface area (Å²) in [6.45, 7) is 2.15. The molecule has 1 aromatic rings. The second-order valence-electron chi connectivity index (χ2n) is 2.84. The molecule has 0 aliphatic rings. The first-order valence-corrected chi connectivity index (χ1v) is 4.72. The maximum Gasteiger partial charge on any atom is 0.310 e. The van der Waals surface area contributed by atoms with Gasteiger partial charge in [0.25, 0.3) is 0 Å². The highest BCUT2D eigenvalue weighted by Crippen LogP contribution is 2.18. The Kier molecular flexibility index (Phi) is 4.63. The predicted molar refractivity (Wildman–Crippen MR) is 54.4 cm³/mol. The van der Waals surface area contributed by atoms with Gasteiger partial charge in [0.05, 0.1) is 20.1 Å². The lowest BCUT2D eigenvalue weighted by Crippen LogP contribution is -2.08. The van der Waals surface area contributed by atoms with Crippen LogP contribution in [0.25, 0.3) is 0 Å². The number of hydrogen-bond acceptors (Lipinski definition) is 4. The molecule has 4 heteroatoms. The van der Waals surface area contributed by atoms with Crippen LogP contribution in [0, 0.1) is 0 Å². The Morgan fingerprint density at radius 1 is 1.33 bits per heavy atom. The van der Waals surface area contributed by atoms with Gasteiger partial charge in [-0.05, 0) is 13.0 Å². The predicted octanol–water partition coefficient (Wildman–Crippen LogP) is 1.73. The number of esters is 1. The second-order valence-corrected chi connectivity index (χ2v) is 2.84. The van der Waals surface area contributed by atoms with Crippen molar-refractivity contribution in [1.29, 1.82) is 0 Å². The summed E-state index contributed by atoms with van der Waals surface area (Å²) in [5.41, 5.74) is 0.748. The van der Waals surface area contributed by atoms with Crippen molar-refractivity contribution in [2.24, 2.45) is 0 Å². The van der Waals surface area contributed by atoms with Crippen molar-refractivity contribution in [1.82, 2.24) is 0 Å². The molecule has 0 bridgehead atoms. The van der Waals surface area contributed by atoms with Crippen LogP contribution in [0.4, 0.5) is 0 Å². The van der Waals surface area contributed by atoms with E-state index in [9.17, 15) is 4.79 Å². The molecule has 82 valence electrons. The number of rotatable bonds is 5. The first-order chi connectivity index (χ1) is 7.27. The van der Waals surface area contributed by atoms with Crippen molar-refractivity contribution >= 4 is 5.97 Å². The standard InChI is InChI=1S/C11H14O4/c1-3-14-11(12)8-9-6-4-5-7-10(9)15-13-2/h4-7H,3,8H2,1-2H3. The third kappa shape index (κ3) is 3.59. The van der Waals surface area contributed by atoms with Crippen LogP contribution in [0.1, 0.15) is 12.5 Å². The van der Waals surface area contributed by atoms with Gasteiger partial charge in [0.1, 0.15) is 0 Å². The van der Waals surface area contributed by atoms with Crippen LogP contribution in [0.3, 0.4) is 0 Å². The van der Waals surface area contributed by atoms with E-state index in [1.165, 1.54) is 7.11 Å². The van der Waals surface area contributed by atoms with Gasteiger partial charge < -0.3 is 9.62 Å². The van der Waals surface area contributed by atoms with Crippen molar-refractivity contribution in [2.75, 3.05) is 13.7 Å². The number of ether oxygens (including phenoxy) is 1. The molecule has 0 atom stereocenters. The van der Waals surface area contributed by atoms with Gasteiger partial charge in [-0.25, -0.2) is 0 Å². The number of hydrogen-bond donors (Lipinski definition) is 0. The van der Waals surface area contributed by atoms with Crippen LogP contribution in [-0.2, 0) is 20.8 Å². The number of carbonyl (C=O) groups excluding carboxylic acids is 1. The first kappa shape index (κ1) is 11.5. The van der Waals surface area contributed by atoms with E-state index in [1.807, 2.05) is 12.1 Å². The van der Waals surface area contributed by atoms with Crippen LogP contribution in [0.2, 0.25) is 0 Å². The lowest BCUT2D eigenvalue weighted by molar-refractivity contribution is -0.178. The number of carbonyl (C=O) groups is 1. The summed E-state index contributed by atoms with van der Waals surface area (Å²) in [7, 11) is 1.42. The van der Waals surface area contributed by atoms with Gasteiger partial charge in [0.15, 0.2) is 5.75 Å². The van der Waals surface area contributed by atoms with Gasteiger partial charge in [-0.1, -0.05) is 18.2 Å². The molecular weight excluding hydrogens is 196 g/mol. The number of para-hydroxylation sites is 1. The van der Waals surface area contributed by atoms with E-state index in [1.54, 1.807) is 19.1 Å². The SMILES string of the molecule is CCOC(=O)Cc1ccccc1OOC. The normalized spacial score (nSPS) is 9.73. The minimum absolute atomic E-state index is 0.188. The fourth-order valence-electron chi connectivity index (χ4n) is 1.19. The molecule has 1 rings (SSSR count). The topological polar surface area (TPSA) is 44.8 Å². The molecule has 0 aromatic heterocycles. The van der Waals surface area contributed by atoms with E-state index in [0.717, 1.165) is 5.56 Å². The molecule has 0 saturated heterocycles. The van der Waals surface area contributed by atoms with Crippen LogP contribution < -0.4 is 4.89 Å². The Morgan fingerprint density at radius 3 is 2.73 bits per heavy atom. The average Bonchev–Trinajstić information content (AvgIpc) is 2.21. The quantitative estimate of drug-likeness (QED) is 0.422. The van der Waals surface area contributed by atoms with E-state index < -0.39 is 0 Å². The Morgan fingerprint density at radius 2 is 2.07 bits per heavy atom. The number of benzene rings is 1. The summed E-state index contributed by atoms with van der Waals surface area (Å²) in [5, 5.41) is 0. The molecular formula is C11H14O4. The van der Waals surface area contributed by atoms with E-state index >= 15 is 0 Å². The maximum absolute atomic E-state index is 11.3. The molecule has 0 aliphatic carbocycles. The van der Waals surface area contributed by atoms with Gasteiger partial charge in [-0.3, -0.25) is 4.79 Å². The van der Waals surface area contributed by atoms with E-state index in [0.29, 0.717) is 12.4 Å². The third-order valence-electron chi connectivity index (χ3n) is 1.79. The Bertz CT molecular complexity index is 322. The lowest BCUT2D eigenvalue weighted by atomic mass is 10.1. The van der Waals surface area contributed by atoms with Crippen LogP contribution in [0.15, 0.2) is 24.3 Å². The summed E-state index contributed by atoms with van der Waals surface area (Å²) in [4.78, 5) is 20.7. The van der Waals surface area contributed by atoms with Crippen molar-refractivity contribution in [3.8, 4) is 5.75 Å². The molecule has 0 aliphatic heterocycles. The molecule has 15 heavy (non-hydrogen) atoms. The van der Waals surface area contributed by atoms with Crippen LogP contribution >= 0.6 is 0 Å². The molecule has 0 N–H and O–H groups in total. The smallest absolute Gasteiger partial charge is 0.310 e. The van der Waals surface area contributed by atoms with Gasteiger partial charge in [0, 0.05) is 5.56 Å². The van der Waals surface area contributed by atoms with Crippen LogP contribution in [-0.4, -0.2) is 19.7 Å². The molecule has 0 heterocycles. The minimum atomic E-state index is -0.273. The van der Waals surface area contributed by atoms with Gasteiger partial charge in [0.2, 0.25) is 0 Å². The van der Waals surface area contributed by atoms with Gasteiger partial charge >= 0.3 is 5.97 Å². The highest BCUT2D eigenvalue weighted by molar-refractivity contribution is 5.73. The zero-order chi connectivity index (χ0) is 11.1. The zero-order valence-electron chi connectivity index (χ0n) is 8.86. The second kappa shape index (κ2) is 6.03. The minimum Gasteiger partial charge on any atom is -0.466 e. The Balaban J connectivity index is 2.70. The average molecular weight is 210 g/mol. The lowest BCUT2D eigenvalue weighted by Gasteiger charge is -2.07. The molecule has 0 unspecified atom stereocenters. The third-order valence-corrected chi connectivity index (χ3v) is 1.79. The van der Waals surface area contributed by atoms with Crippen molar-refractivity contribution in [3.63, 3.8) is 0 Å². The summed E-state index contributed by atoms with van der Waals surface area (Å²) in [5.74, 6) is 0.262. The van der Waals surface area contributed by atoms with Crippen molar-refractivity contribution in [3.05, 3.63) is 29.8 Å². The molecule has 0 radical (unpaired) electrons. The Labute approximate surface area is 88.7 Å². The Hall–Kier alpha value is -1.55. The van der Waals surface area contributed by atoms with Crippen molar-refractivity contribution in [2.45, 2.75) is 13.3 Å². The van der Waals surface area contributed by atoms with Gasteiger partial charge in [-0.2, -0.15) is 4.89 Å². The highest BCUT2D eigenvalue weighted by Gasteiger charge is 2.09. The molecule has 0 saturated carbocycles. The molecule has 0 spiro atoms. The molecule has 0 fully saturated rings. The monoisotopic (exact) mass is 210 g/mol. The largest absolute Gasteiger partial charge is 0.466 e. The molecule has 4 nitrogen and oxygen atoms in total. The van der Waals surface area contributed by atoms with E-state index in [4.69, 9.17) is 9.62 Å². The fourth-order valence-corrected chi connectivity index (χ4v) is 1.19. The molecule has 1 aromatic carbocycles. The summed E-state index contributed by atoms with van der Waals surface area (Å²) in [6.07, 6.45) is 0.188. The summed E-state index contributed by atoms with van der Waals surface area (Å²) < 4.78 is 4.84. The molecule has 0 amide bonds. The van der Waals surface area contributed by atoms with Crippen molar-refractivity contribution < 1.29 is 19.3 Å². The summed E-state index contributed by atoms with van der Waals surface area (Å²) in [6, 6.07) is 7.17. The van der Waals surface area contributed by atoms with E-state index in [-0.39, 0.29) is 12.4 Å². The van der Waals surface area contributed by atoms with E-state index in [2.05, 4.69) is 4.89 Å². The highest BCUT2D eigenvalue weighted by atomic mass is 17.2.